The summed E-state index contributed by atoms with van der Waals surface area (Å²) in [6, 6.07) is 0. The molecule has 0 aliphatic heterocycles. The Balaban J connectivity index is 3.19. The zero-order valence-corrected chi connectivity index (χ0v) is 8.10. The number of hydrogen-bond acceptors (Lipinski definition) is 4. The highest BCUT2D eigenvalue weighted by molar-refractivity contribution is 8.00. The molecular formula is C8H15NO2S. The number of carbonyl (C=O) groups is 1. The lowest BCUT2D eigenvalue weighted by atomic mass is 10.5. The van der Waals surface area contributed by atoms with Crippen LogP contribution in [0.4, 0.5) is 0 Å². The van der Waals surface area contributed by atoms with E-state index in [1.807, 2.05) is 12.2 Å². The van der Waals surface area contributed by atoms with E-state index in [4.69, 9.17) is 10.5 Å². The summed E-state index contributed by atoms with van der Waals surface area (Å²) >= 11 is 1.52. The minimum atomic E-state index is -0.149. The normalized spacial score (nSPS) is 10.5. The van der Waals surface area contributed by atoms with E-state index in [0.717, 1.165) is 5.75 Å². The van der Waals surface area contributed by atoms with Crippen molar-refractivity contribution < 1.29 is 9.53 Å². The molecule has 0 aliphatic carbocycles. The van der Waals surface area contributed by atoms with Gasteiger partial charge in [-0.2, -0.15) is 0 Å². The molecule has 0 amide bonds. The predicted octanol–water partition coefficient (Wildman–Crippen LogP) is 0.798. The second-order valence-corrected chi connectivity index (χ2v) is 3.06. The summed E-state index contributed by atoms with van der Waals surface area (Å²) in [4.78, 5) is 10.8. The number of hydrogen-bond donors (Lipinski definition) is 1. The van der Waals surface area contributed by atoms with Crippen molar-refractivity contribution >= 4 is 17.7 Å². The van der Waals surface area contributed by atoms with Crippen LogP contribution in [0.5, 0.6) is 0 Å². The summed E-state index contributed by atoms with van der Waals surface area (Å²) < 4.78 is 4.74. The monoisotopic (exact) mass is 189 g/mol. The van der Waals surface area contributed by atoms with Gasteiger partial charge in [0.25, 0.3) is 0 Å². The Bertz CT molecular complexity index is 148. The maximum Gasteiger partial charge on any atom is 0.315 e. The summed E-state index contributed by atoms with van der Waals surface area (Å²) in [5, 5.41) is 0. The van der Waals surface area contributed by atoms with Gasteiger partial charge in [0.05, 0.1) is 12.4 Å². The summed E-state index contributed by atoms with van der Waals surface area (Å²) in [6.45, 7) is 2.81. The molecule has 0 spiro atoms. The van der Waals surface area contributed by atoms with Crippen LogP contribution in [0.3, 0.4) is 0 Å². The average Bonchev–Trinajstić information content (AvgIpc) is 2.05. The van der Waals surface area contributed by atoms with E-state index in [-0.39, 0.29) is 5.97 Å². The van der Waals surface area contributed by atoms with Gasteiger partial charge >= 0.3 is 5.97 Å². The maximum absolute atomic E-state index is 10.8. The van der Waals surface area contributed by atoms with Crippen molar-refractivity contribution in [1.82, 2.24) is 0 Å². The standard InChI is InChI=1S/C8H15NO2S/c1-2-11-8(10)7-12-6-4-3-5-9/h3-4H,2,5-7,9H2,1H3. The Kier molecular flexibility index (Phi) is 8.27. The Hall–Kier alpha value is -0.480. The zero-order valence-electron chi connectivity index (χ0n) is 7.29. The van der Waals surface area contributed by atoms with Crippen LogP contribution < -0.4 is 5.73 Å². The molecule has 0 saturated heterocycles. The molecule has 12 heavy (non-hydrogen) atoms. The first-order chi connectivity index (χ1) is 5.81. The quantitative estimate of drug-likeness (QED) is 0.381. The van der Waals surface area contributed by atoms with Gasteiger partial charge in [0.2, 0.25) is 0 Å². The van der Waals surface area contributed by atoms with E-state index in [9.17, 15) is 4.79 Å². The smallest absolute Gasteiger partial charge is 0.315 e. The summed E-state index contributed by atoms with van der Waals surface area (Å²) in [7, 11) is 0. The molecule has 0 aromatic carbocycles. The predicted molar refractivity (Wildman–Crippen MR) is 52.2 cm³/mol. The molecule has 3 nitrogen and oxygen atoms in total. The van der Waals surface area contributed by atoms with Crippen molar-refractivity contribution in [1.29, 1.82) is 0 Å². The third-order valence-electron chi connectivity index (χ3n) is 1.04. The summed E-state index contributed by atoms with van der Waals surface area (Å²) in [5.41, 5.74) is 5.23. The molecular weight excluding hydrogens is 174 g/mol. The number of nitrogens with two attached hydrogens (primary N) is 1. The molecule has 0 aromatic heterocycles. The first-order valence-corrected chi connectivity index (χ1v) is 5.05. The second-order valence-electron chi connectivity index (χ2n) is 2.03. The van der Waals surface area contributed by atoms with Gasteiger partial charge in [-0.05, 0) is 6.92 Å². The Morgan fingerprint density at radius 2 is 2.33 bits per heavy atom. The third-order valence-corrected chi connectivity index (χ3v) is 1.91. The summed E-state index contributed by atoms with van der Waals surface area (Å²) in [5.74, 6) is 1.09. The van der Waals surface area contributed by atoms with Crippen LogP contribution in [-0.4, -0.2) is 30.6 Å². The fourth-order valence-corrected chi connectivity index (χ4v) is 1.22. The van der Waals surface area contributed by atoms with Crippen LogP contribution >= 0.6 is 11.8 Å². The molecule has 0 aliphatic rings. The molecule has 0 rings (SSSR count). The number of thioether (sulfide) groups is 1. The van der Waals surface area contributed by atoms with Crippen molar-refractivity contribution in [3.63, 3.8) is 0 Å². The Morgan fingerprint density at radius 1 is 1.58 bits per heavy atom. The van der Waals surface area contributed by atoms with Gasteiger partial charge in [-0.25, -0.2) is 0 Å². The van der Waals surface area contributed by atoms with Gasteiger partial charge in [0.1, 0.15) is 0 Å². The molecule has 0 atom stereocenters. The van der Waals surface area contributed by atoms with Crippen molar-refractivity contribution in [3.8, 4) is 0 Å². The zero-order chi connectivity index (χ0) is 9.23. The van der Waals surface area contributed by atoms with Crippen LogP contribution in [0.15, 0.2) is 12.2 Å². The fraction of sp³-hybridized carbons (Fsp3) is 0.625. The minimum Gasteiger partial charge on any atom is -0.465 e. The average molecular weight is 189 g/mol. The van der Waals surface area contributed by atoms with Crippen LogP contribution in [0.25, 0.3) is 0 Å². The number of esters is 1. The van der Waals surface area contributed by atoms with Crippen LogP contribution in [-0.2, 0) is 9.53 Å². The van der Waals surface area contributed by atoms with Gasteiger partial charge in [0, 0.05) is 12.3 Å². The molecule has 0 saturated carbocycles. The van der Waals surface area contributed by atoms with E-state index < -0.39 is 0 Å². The Labute approximate surface area is 77.3 Å². The van der Waals surface area contributed by atoms with Crippen molar-refractivity contribution in [3.05, 3.63) is 12.2 Å². The highest BCUT2D eigenvalue weighted by atomic mass is 32.2. The van der Waals surface area contributed by atoms with E-state index in [2.05, 4.69) is 0 Å². The van der Waals surface area contributed by atoms with Gasteiger partial charge in [-0.3, -0.25) is 4.79 Å². The van der Waals surface area contributed by atoms with Gasteiger partial charge in [0.15, 0.2) is 0 Å². The van der Waals surface area contributed by atoms with Crippen molar-refractivity contribution in [2.24, 2.45) is 5.73 Å². The second kappa shape index (κ2) is 8.62. The van der Waals surface area contributed by atoms with Crippen LogP contribution in [0, 0.1) is 0 Å². The van der Waals surface area contributed by atoms with E-state index >= 15 is 0 Å². The first kappa shape index (κ1) is 11.5. The molecule has 4 heteroatoms. The van der Waals surface area contributed by atoms with E-state index in [0.29, 0.717) is 18.9 Å². The number of ether oxygens (including phenoxy) is 1. The Morgan fingerprint density at radius 3 is 2.92 bits per heavy atom. The molecule has 0 fully saturated rings. The van der Waals surface area contributed by atoms with E-state index in [1.54, 1.807) is 6.92 Å². The topological polar surface area (TPSA) is 52.3 Å². The molecule has 0 aromatic rings. The highest BCUT2D eigenvalue weighted by Gasteiger charge is 1.98. The van der Waals surface area contributed by atoms with Crippen LogP contribution in [0.2, 0.25) is 0 Å². The van der Waals surface area contributed by atoms with E-state index in [1.165, 1.54) is 11.8 Å². The first-order valence-electron chi connectivity index (χ1n) is 3.89. The molecule has 0 bridgehead atoms. The lowest BCUT2D eigenvalue weighted by Crippen LogP contribution is -2.06. The third kappa shape index (κ3) is 7.63. The van der Waals surface area contributed by atoms with Crippen molar-refractivity contribution in [2.45, 2.75) is 6.92 Å². The molecule has 2 N–H and O–H groups in total. The fourth-order valence-electron chi connectivity index (χ4n) is 0.577. The number of rotatable bonds is 6. The lowest BCUT2D eigenvalue weighted by molar-refractivity contribution is -0.139. The molecule has 70 valence electrons. The highest BCUT2D eigenvalue weighted by Crippen LogP contribution is 2.00. The maximum atomic E-state index is 10.8. The van der Waals surface area contributed by atoms with Gasteiger partial charge in [-0.1, -0.05) is 12.2 Å². The molecule has 0 heterocycles. The SMILES string of the molecule is CCOC(=O)CSCC=CCN. The minimum absolute atomic E-state index is 0.149. The van der Waals surface area contributed by atoms with Crippen molar-refractivity contribution in [2.75, 3.05) is 24.7 Å². The molecule has 0 unspecified atom stereocenters. The van der Waals surface area contributed by atoms with Crippen LogP contribution in [0.1, 0.15) is 6.92 Å². The largest absolute Gasteiger partial charge is 0.465 e. The van der Waals surface area contributed by atoms with Gasteiger partial charge in [-0.15, -0.1) is 11.8 Å². The number of carbonyl (C=O) groups excluding carboxylic acids is 1. The summed E-state index contributed by atoms with van der Waals surface area (Å²) in [6.07, 6.45) is 3.82. The lowest BCUT2D eigenvalue weighted by Gasteiger charge is -1.98. The molecule has 0 radical (unpaired) electrons. The van der Waals surface area contributed by atoms with Gasteiger partial charge < -0.3 is 10.5 Å².